The lowest BCUT2D eigenvalue weighted by Gasteiger charge is -2.28. The molecule has 0 bridgehead atoms. The third kappa shape index (κ3) is 4.28. The Morgan fingerprint density at radius 1 is 1.00 bits per heavy atom. The van der Waals surface area contributed by atoms with Crippen LogP contribution in [0.4, 0.5) is 0 Å². The highest BCUT2D eigenvalue weighted by Crippen LogP contribution is 2.41. The van der Waals surface area contributed by atoms with Crippen molar-refractivity contribution in [2.45, 2.75) is 31.1 Å². The molecule has 168 valence electrons. The van der Waals surface area contributed by atoms with Crippen molar-refractivity contribution >= 4 is 23.2 Å². The van der Waals surface area contributed by atoms with Crippen LogP contribution in [0.3, 0.4) is 0 Å². The molecule has 0 radical (unpaired) electrons. The zero-order chi connectivity index (χ0) is 22.7. The molecule has 0 atom stereocenters. The first-order valence-electron chi connectivity index (χ1n) is 11.1. The van der Waals surface area contributed by atoms with Crippen LogP contribution in [0.5, 0.6) is 5.88 Å². The fourth-order valence-electron chi connectivity index (χ4n) is 4.50. The van der Waals surface area contributed by atoms with Crippen LogP contribution in [-0.4, -0.2) is 38.9 Å². The van der Waals surface area contributed by atoms with Gasteiger partial charge in [-0.1, -0.05) is 66.9 Å². The minimum Gasteiger partial charge on any atom is -0.475 e. The molecule has 8 heteroatoms. The smallest absolute Gasteiger partial charge is 0.231 e. The molecule has 1 aliphatic carbocycles. The molecule has 1 N–H and O–H groups in total. The van der Waals surface area contributed by atoms with Gasteiger partial charge < -0.3 is 10.1 Å². The molecule has 1 saturated carbocycles. The van der Waals surface area contributed by atoms with Gasteiger partial charge in [-0.15, -0.1) is 15.3 Å². The van der Waals surface area contributed by atoms with Crippen LogP contribution in [0.2, 0.25) is 5.02 Å². The summed E-state index contributed by atoms with van der Waals surface area (Å²) in [5, 5.41) is 16.7. The molecule has 0 saturated heterocycles. The van der Waals surface area contributed by atoms with Gasteiger partial charge in [-0.3, -0.25) is 4.79 Å². The van der Waals surface area contributed by atoms with E-state index in [-0.39, 0.29) is 5.91 Å². The fraction of sp³-hybridized carbons (Fsp3) is 0.280. The number of nitrogens with one attached hydrogen (secondary N) is 1. The SMILES string of the molecule is O=C(NCCOc1ccc2nnc(-c3ccccc3)n2n1)C1(c2ccc(Cl)cc2)CCCC1. The Morgan fingerprint density at radius 2 is 1.76 bits per heavy atom. The van der Waals surface area contributed by atoms with Crippen molar-refractivity contribution in [3.05, 3.63) is 77.3 Å². The molecule has 7 nitrogen and oxygen atoms in total. The van der Waals surface area contributed by atoms with Gasteiger partial charge in [0.25, 0.3) is 0 Å². The Bertz CT molecular complexity index is 1250. The first kappa shape index (κ1) is 21.4. The predicted octanol–water partition coefficient (Wildman–Crippen LogP) is 4.45. The molecule has 1 aliphatic rings. The van der Waals surface area contributed by atoms with Crippen molar-refractivity contribution in [3.8, 4) is 17.3 Å². The van der Waals surface area contributed by atoms with Gasteiger partial charge in [0.1, 0.15) is 6.61 Å². The van der Waals surface area contributed by atoms with Crippen LogP contribution >= 0.6 is 11.6 Å². The van der Waals surface area contributed by atoms with E-state index in [1.54, 1.807) is 10.6 Å². The largest absolute Gasteiger partial charge is 0.475 e. The maximum Gasteiger partial charge on any atom is 0.231 e. The Balaban J connectivity index is 1.23. The second-order valence-electron chi connectivity index (χ2n) is 8.23. The molecule has 5 rings (SSSR count). The maximum absolute atomic E-state index is 13.2. The van der Waals surface area contributed by atoms with Crippen molar-refractivity contribution < 1.29 is 9.53 Å². The van der Waals surface area contributed by atoms with Crippen LogP contribution in [0.15, 0.2) is 66.7 Å². The van der Waals surface area contributed by atoms with E-state index in [1.807, 2.05) is 60.7 Å². The number of ether oxygens (including phenoxy) is 1. The highest BCUT2D eigenvalue weighted by molar-refractivity contribution is 6.30. The number of aromatic nitrogens is 4. The Morgan fingerprint density at radius 3 is 2.52 bits per heavy atom. The minimum absolute atomic E-state index is 0.0412. The van der Waals surface area contributed by atoms with Crippen LogP contribution in [0, 0.1) is 0 Å². The number of benzene rings is 2. The number of halogens is 1. The second kappa shape index (κ2) is 9.19. The average molecular weight is 462 g/mol. The first-order chi connectivity index (χ1) is 16.2. The van der Waals surface area contributed by atoms with E-state index >= 15 is 0 Å². The summed E-state index contributed by atoms with van der Waals surface area (Å²) in [6, 6.07) is 21.0. The molecule has 2 aromatic carbocycles. The molecule has 0 spiro atoms. The van der Waals surface area contributed by atoms with Gasteiger partial charge in [0.2, 0.25) is 11.8 Å². The van der Waals surface area contributed by atoms with Gasteiger partial charge >= 0.3 is 0 Å². The van der Waals surface area contributed by atoms with Crippen LogP contribution in [-0.2, 0) is 10.2 Å². The van der Waals surface area contributed by atoms with E-state index in [1.165, 1.54) is 0 Å². The van der Waals surface area contributed by atoms with Crippen molar-refractivity contribution in [1.82, 2.24) is 25.1 Å². The van der Waals surface area contributed by atoms with E-state index in [4.69, 9.17) is 16.3 Å². The van der Waals surface area contributed by atoms with Crippen molar-refractivity contribution in [2.75, 3.05) is 13.2 Å². The van der Waals surface area contributed by atoms with E-state index in [2.05, 4.69) is 20.6 Å². The summed E-state index contributed by atoms with van der Waals surface area (Å²) >= 11 is 6.05. The molecular formula is C25H24ClN5O2. The fourth-order valence-corrected chi connectivity index (χ4v) is 4.63. The molecule has 1 fully saturated rings. The zero-order valence-corrected chi connectivity index (χ0v) is 18.8. The third-order valence-corrected chi connectivity index (χ3v) is 6.45. The Labute approximate surface area is 196 Å². The third-order valence-electron chi connectivity index (χ3n) is 6.20. The van der Waals surface area contributed by atoms with E-state index < -0.39 is 5.41 Å². The average Bonchev–Trinajstić information content (AvgIpc) is 3.51. The lowest BCUT2D eigenvalue weighted by molar-refractivity contribution is -0.126. The van der Waals surface area contributed by atoms with Gasteiger partial charge in [0.05, 0.1) is 12.0 Å². The number of carbonyl (C=O) groups is 1. The summed E-state index contributed by atoms with van der Waals surface area (Å²) in [4.78, 5) is 13.2. The number of rotatable bonds is 7. The van der Waals surface area contributed by atoms with Gasteiger partial charge in [0.15, 0.2) is 11.5 Å². The Hall–Kier alpha value is -3.45. The highest BCUT2D eigenvalue weighted by atomic mass is 35.5. The molecular weight excluding hydrogens is 438 g/mol. The molecule has 1 amide bonds. The minimum atomic E-state index is -0.491. The van der Waals surface area contributed by atoms with Crippen molar-refractivity contribution in [1.29, 1.82) is 0 Å². The number of hydrogen-bond donors (Lipinski definition) is 1. The van der Waals surface area contributed by atoms with Gasteiger partial charge in [0, 0.05) is 16.7 Å². The lowest BCUT2D eigenvalue weighted by atomic mass is 9.78. The van der Waals surface area contributed by atoms with Gasteiger partial charge in [-0.05, 0) is 36.6 Å². The summed E-state index contributed by atoms with van der Waals surface area (Å²) in [6.45, 7) is 0.700. The summed E-state index contributed by atoms with van der Waals surface area (Å²) < 4.78 is 7.49. The molecule has 4 aromatic rings. The van der Waals surface area contributed by atoms with Crippen molar-refractivity contribution in [3.63, 3.8) is 0 Å². The molecule has 0 unspecified atom stereocenters. The Kier molecular flexibility index (Phi) is 5.96. The van der Waals surface area contributed by atoms with Crippen molar-refractivity contribution in [2.24, 2.45) is 0 Å². The number of carbonyl (C=O) groups excluding carboxylic acids is 1. The van der Waals surface area contributed by atoms with E-state index in [0.29, 0.717) is 35.5 Å². The summed E-state index contributed by atoms with van der Waals surface area (Å²) in [5.41, 5.74) is 2.09. The molecule has 33 heavy (non-hydrogen) atoms. The summed E-state index contributed by atoms with van der Waals surface area (Å²) in [6.07, 6.45) is 3.77. The standard InChI is InChI=1S/C25H24ClN5O2/c26-20-10-8-19(9-11-20)25(14-4-5-15-25)24(32)27-16-17-33-22-13-12-21-28-29-23(31(21)30-22)18-6-2-1-3-7-18/h1-3,6-13H,4-5,14-17H2,(H,27,32). The summed E-state index contributed by atoms with van der Waals surface area (Å²) in [7, 11) is 0. The molecule has 2 aromatic heterocycles. The van der Waals surface area contributed by atoms with Crippen LogP contribution < -0.4 is 10.1 Å². The number of nitrogens with zero attached hydrogens (tertiary/aromatic N) is 4. The second-order valence-corrected chi connectivity index (χ2v) is 8.67. The normalized spacial score (nSPS) is 14.9. The number of fused-ring (bicyclic) bond motifs is 1. The highest BCUT2D eigenvalue weighted by Gasteiger charge is 2.42. The topological polar surface area (TPSA) is 81.4 Å². The quantitative estimate of drug-likeness (QED) is 0.411. The maximum atomic E-state index is 13.2. The number of hydrogen-bond acceptors (Lipinski definition) is 5. The molecule has 0 aliphatic heterocycles. The monoisotopic (exact) mass is 461 g/mol. The predicted molar refractivity (Wildman–Crippen MR) is 126 cm³/mol. The van der Waals surface area contributed by atoms with E-state index in [9.17, 15) is 4.79 Å². The van der Waals surface area contributed by atoms with Gasteiger partial charge in [-0.2, -0.15) is 4.52 Å². The van der Waals surface area contributed by atoms with Gasteiger partial charge in [-0.25, -0.2) is 0 Å². The van der Waals surface area contributed by atoms with Crippen LogP contribution in [0.25, 0.3) is 17.0 Å². The van der Waals surface area contributed by atoms with E-state index in [0.717, 1.165) is 36.8 Å². The molecule has 2 heterocycles. The van der Waals surface area contributed by atoms with Crippen LogP contribution in [0.1, 0.15) is 31.2 Å². The zero-order valence-electron chi connectivity index (χ0n) is 18.1. The first-order valence-corrected chi connectivity index (χ1v) is 11.5. The summed E-state index contributed by atoms with van der Waals surface area (Å²) in [5.74, 6) is 1.14. The number of amides is 1. The lowest BCUT2D eigenvalue weighted by Crippen LogP contribution is -2.44.